The molecule has 0 radical (unpaired) electrons. The van der Waals surface area contributed by atoms with Crippen molar-refractivity contribution in [3.05, 3.63) is 24.0 Å². The van der Waals surface area contributed by atoms with Crippen molar-refractivity contribution < 1.29 is 4.74 Å². The summed E-state index contributed by atoms with van der Waals surface area (Å²) in [7, 11) is 0. The molecule has 1 atom stereocenters. The van der Waals surface area contributed by atoms with Crippen LogP contribution in [-0.4, -0.2) is 12.4 Å². The molecule has 0 aromatic heterocycles. The Kier molecular flexibility index (Phi) is 1.31. The average Bonchev–Trinajstić information content (AvgIpc) is 2.05. The van der Waals surface area contributed by atoms with E-state index in [1.807, 2.05) is 12.3 Å². The van der Waals surface area contributed by atoms with Crippen LogP contribution >= 0.6 is 0 Å². The molecule has 0 aromatic rings. The summed E-state index contributed by atoms with van der Waals surface area (Å²) in [5.41, 5.74) is 1.30. The van der Waals surface area contributed by atoms with Gasteiger partial charge in [0.05, 0.1) is 6.26 Å². The highest BCUT2D eigenvalue weighted by atomic mass is 16.5. The van der Waals surface area contributed by atoms with Crippen molar-refractivity contribution in [3.63, 3.8) is 0 Å². The van der Waals surface area contributed by atoms with Crippen LogP contribution in [0.3, 0.4) is 0 Å². The van der Waals surface area contributed by atoms with E-state index in [-0.39, 0.29) is 6.23 Å². The molecule has 52 valence electrons. The maximum atomic E-state index is 5.24. The maximum absolute atomic E-state index is 5.24. The van der Waals surface area contributed by atoms with Crippen LogP contribution in [0.4, 0.5) is 0 Å². The Morgan fingerprint density at radius 2 is 2.60 bits per heavy atom. The summed E-state index contributed by atoms with van der Waals surface area (Å²) < 4.78 is 5.24. The van der Waals surface area contributed by atoms with E-state index in [2.05, 4.69) is 11.1 Å². The van der Waals surface area contributed by atoms with Gasteiger partial charge in [0.2, 0.25) is 6.23 Å². The lowest BCUT2D eigenvalue weighted by molar-refractivity contribution is 0.172. The highest BCUT2D eigenvalue weighted by molar-refractivity contribution is 5.62. The minimum atomic E-state index is -0.00116. The Labute approximate surface area is 59.9 Å². The van der Waals surface area contributed by atoms with E-state index in [4.69, 9.17) is 4.74 Å². The van der Waals surface area contributed by atoms with Crippen molar-refractivity contribution >= 4 is 6.21 Å². The summed E-state index contributed by atoms with van der Waals surface area (Å²) in [5.74, 6) is 0. The summed E-state index contributed by atoms with van der Waals surface area (Å²) in [6, 6.07) is 0. The van der Waals surface area contributed by atoms with Gasteiger partial charge in [-0.3, -0.25) is 4.99 Å². The second kappa shape index (κ2) is 2.29. The minimum Gasteiger partial charge on any atom is -0.473 e. The summed E-state index contributed by atoms with van der Waals surface area (Å²) >= 11 is 0. The molecule has 1 unspecified atom stereocenters. The number of allylic oxidation sites excluding steroid dienone is 2. The highest BCUT2D eigenvalue weighted by Crippen LogP contribution is 2.21. The lowest BCUT2D eigenvalue weighted by Gasteiger charge is -2.20. The molecule has 0 aliphatic carbocycles. The molecule has 0 aromatic carbocycles. The fourth-order valence-corrected chi connectivity index (χ4v) is 1.18. The van der Waals surface area contributed by atoms with Crippen LogP contribution in [0.1, 0.15) is 12.8 Å². The molecule has 2 aliphatic rings. The number of fused-ring (bicyclic) bond motifs is 1. The number of ether oxygens (including phenoxy) is 1. The van der Waals surface area contributed by atoms with Gasteiger partial charge in [-0.25, -0.2) is 0 Å². The van der Waals surface area contributed by atoms with E-state index in [0.717, 1.165) is 12.8 Å². The van der Waals surface area contributed by atoms with Crippen LogP contribution in [0, 0.1) is 0 Å². The molecule has 0 fully saturated rings. The smallest absolute Gasteiger partial charge is 0.210 e. The number of aliphatic imine (C=N–C) groups is 1. The van der Waals surface area contributed by atoms with Gasteiger partial charge in [0.15, 0.2) is 0 Å². The Balaban J connectivity index is 2.23. The summed E-state index contributed by atoms with van der Waals surface area (Å²) in [5, 5.41) is 0. The highest BCUT2D eigenvalue weighted by Gasteiger charge is 2.15. The quantitative estimate of drug-likeness (QED) is 0.463. The third kappa shape index (κ3) is 0.856. The van der Waals surface area contributed by atoms with Gasteiger partial charge in [0.25, 0.3) is 0 Å². The average molecular weight is 135 g/mol. The summed E-state index contributed by atoms with van der Waals surface area (Å²) in [4.78, 5) is 4.18. The number of rotatable bonds is 0. The fraction of sp³-hybridized carbons (Fsp3) is 0.375. The number of hydrogen-bond donors (Lipinski definition) is 0. The van der Waals surface area contributed by atoms with Gasteiger partial charge in [0, 0.05) is 12.6 Å². The predicted molar refractivity (Wildman–Crippen MR) is 39.8 cm³/mol. The maximum Gasteiger partial charge on any atom is 0.210 e. The van der Waals surface area contributed by atoms with Crippen LogP contribution in [0.2, 0.25) is 0 Å². The molecule has 0 N–H and O–H groups in total. The molecule has 0 amide bonds. The minimum absolute atomic E-state index is 0.00116. The normalized spacial score (nSPS) is 28.8. The zero-order chi connectivity index (χ0) is 6.81. The zero-order valence-corrected chi connectivity index (χ0v) is 5.66. The fourth-order valence-electron chi connectivity index (χ4n) is 1.18. The Bertz CT molecular complexity index is 215. The molecule has 0 bridgehead atoms. The van der Waals surface area contributed by atoms with Crippen molar-refractivity contribution in [2.24, 2.45) is 4.99 Å². The van der Waals surface area contributed by atoms with Crippen LogP contribution in [-0.2, 0) is 4.74 Å². The van der Waals surface area contributed by atoms with E-state index >= 15 is 0 Å². The Morgan fingerprint density at radius 1 is 1.60 bits per heavy atom. The zero-order valence-electron chi connectivity index (χ0n) is 5.66. The molecular weight excluding hydrogens is 126 g/mol. The lowest BCUT2D eigenvalue weighted by Crippen LogP contribution is -2.15. The van der Waals surface area contributed by atoms with Gasteiger partial charge in [-0.1, -0.05) is 6.08 Å². The van der Waals surface area contributed by atoms with Crippen molar-refractivity contribution in [2.75, 3.05) is 0 Å². The van der Waals surface area contributed by atoms with E-state index in [1.165, 1.54) is 5.57 Å². The molecule has 2 nitrogen and oxygen atoms in total. The molecule has 0 saturated carbocycles. The van der Waals surface area contributed by atoms with E-state index < -0.39 is 0 Å². The third-order valence-corrected chi connectivity index (χ3v) is 1.70. The van der Waals surface area contributed by atoms with Crippen LogP contribution in [0.15, 0.2) is 29.0 Å². The first-order chi connectivity index (χ1) is 4.97. The van der Waals surface area contributed by atoms with E-state index in [0.29, 0.717) is 0 Å². The molecule has 0 saturated heterocycles. The van der Waals surface area contributed by atoms with Crippen molar-refractivity contribution in [2.45, 2.75) is 19.1 Å². The van der Waals surface area contributed by atoms with Crippen molar-refractivity contribution in [1.29, 1.82) is 0 Å². The molecule has 2 aliphatic heterocycles. The number of nitrogens with zero attached hydrogens (tertiary/aromatic N) is 1. The SMILES string of the molecule is C1=COC2N=CCC=C2C1. The molecule has 10 heavy (non-hydrogen) atoms. The largest absolute Gasteiger partial charge is 0.473 e. The van der Waals surface area contributed by atoms with Crippen LogP contribution in [0.5, 0.6) is 0 Å². The summed E-state index contributed by atoms with van der Waals surface area (Å²) in [6.45, 7) is 0. The van der Waals surface area contributed by atoms with Crippen molar-refractivity contribution in [3.8, 4) is 0 Å². The lowest BCUT2D eigenvalue weighted by atomic mass is 10.1. The molecule has 0 spiro atoms. The number of dihydropyridines is 1. The predicted octanol–water partition coefficient (Wildman–Crippen LogP) is 1.65. The summed E-state index contributed by atoms with van der Waals surface area (Å²) in [6.07, 6.45) is 9.78. The van der Waals surface area contributed by atoms with Gasteiger partial charge in [-0.05, 0) is 18.1 Å². The molecular formula is C8H9NO. The monoisotopic (exact) mass is 135 g/mol. The topological polar surface area (TPSA) is 21.6 Å². The molecule has 2 heterocycles. The van der Waals surface area contributed by atoms with E-state index in [9.17, 15) is 0 Å². The molecule has 2 rings (SSSR count). The first-order valence-corrected chi connectivity index (χ1v) is 3.48. The van der Waals surface area contributed by atoms with Crippen molar-refractivity contribution in [1.82, 2.24) is 0 Å². The number of hydrogen-bond acceptors (Lipinski definition) is 2. The Morgan fingerprint density at radius 3 is 3.50 bits per heavy atom. The van der Waals surface area contributed by atoms with E-state index in [1.54, 1.807) is 6.26 Å². The van der Waals surface area contributed by atoms with Gasteiger partial charge < -0.3 is 4.74 Å². The molecule has 2 heteroatoms. The third-order valence-electron chi connectivity index (χ3n) is 1.70. The van der Waals surface area contributed by atoms with Gasteiger partial charge in [-0.2, -0.15) is 0 Å². The van der Waals surface area contributed by atoms with Crippen LogP contribution in [0.25, 0.3) is 0 Å². The first-order valence-electron chi connectivity index (χ1n) is 3.48. The second-order valence-corrected chi connectivity index (χ2v) is 2.41. The first kappa shape index (κ1) is 5.71. The van der Waals surface area contributed by atoms with Gasteiger partial charge in [-0.15, -0.1) is 0 Å². The van der Waals surface area contributed by atoms with Gasteiger partial charge in [0.1, 0.15) is 0 Å². The van der Waals surface area contributed by atoms with Gasteiger partial charge >= 0.3 is 0 Å². The Hall–Kier alpha value is -1.05. The second-order valence-electron chi connectivity index (χ2n) is 2.41. The van der Waals surface area contributed by atoms with Crippen LogP contribution < -0.4 is 0 Å². The standard InChI is InChI=1S/C8H9NO/c1-3-7-4-2-6-10-8(7)9-5-1/h2-3,5-6,8H,1,4H2.